The van der Waals surface area contributed by atoms with Crippen molar-refractivity contribution in [1.82, 2.24) is 0 Å². The number of hydrogen-bond acceptors (Lipinski definition) is 4. The Morgan fingerprint density at radius 2 is 1.96 bits per heavy atom. The molecule has 0 bridgehead atoms. The Morgan fingerprint density at radius 1 is 1.24 bits per heavy atom. The molecule has 126 valence electrons. The van der Waals surface area contributed by atoms with Gasteiger partial charge in [-0.25, -0.2) is 0 Å². The van der Waals surface area contributed by atoms with Crippen molar-refractivity contribution in [3.63, 3.8) is 0 Å². The third-order valence-electron chi connectivity index (χ3n) is 3.28. The van der Waals surface area contributed by atoms with E-state index in [0.717, 1.165) is 10.0 Å². The third kappa shape index (κ3) is 5.03. The molecular formula is C19H15BrN2O3. The summed E-state index contributed by atoms with van der Waals surface area (Å²) in [5.74, 6) is -0.752. The molecule has 0 spiro atoms. The molecule has 0 aliphatic carbocycles. The largest absolute Gasteiger partial charge is 0.426 e. The molecule has 6 heteroatoms. The first-order valence-electron chi connectivity index (χ1n) is 7.37. The van der Waals surface area contributed by atoms with E-state index >= 15 is 0 Å². The second-order valence-electron chi connectivity index (χ2n) is 5.21. The lowest BCUT2D eigenvalue weighted by atomic mass is 10.1. The van der Waals surface area contributed by atoms with Crippen molar-refractivity contribution >= 4 is 39.6 Å². The molecule has 2 rings (SSSR count). The number of benzene rings is 2. The minimum absolute atomic E-state index is 0.102. The summed E-state index contributed by atoms with van der Waals surface area (Å²) in [5, 5.41) is 12.1. The van der Waals surface area contributed by atoms with Crippen LogP contribution in [-0.4, -0.2) is 11.9 Å². The molecule has 0 radical (unpaired) electrons. The molecule has 0 aliphatic rings. The maximum absolute atomic E-state index is 12.4. The summed E-state index contributed by atoms with van der Waals surface area (Å²) in [5.41, 5.74) is 1.86. The highest BCUT2D eigenvalue weighted by Crippen LogP contribution is 2.26. The zero-order valence-corrected chi connectivity index (χ0v) is 15.3. The molecule has 0 aromatic heterocycles. The van der Waals surface area contributed by atoms with Crippen LogP contribution in [0.3, 0.4) is 0 Å². The first-order chi connectivity index (χ1) is 11.9. The van der Waals surface area contributed by atoms with E-state index in [9.17, 15) is 14.9 Å². The third-order valence-corrected chi connectivity index (χ3v) is 3.78. The van der Waals surface area contributed by atoms with Crippen LogP contribution >= 0.6 is 15.9 Å². The maximum atomic E-state index is 12.4. The van der Waals surface area contributed by atoms with Gasteiger partial charge in [-0.15, -0.1) is 0 Å². The number of nitrogens with zero attached hydrogens (tertiary/aromatic N) is 1. The van der Waals surface area contributed by atoms with Crippen molar-refractivity contribution in [2.75, 3.05) is 5.32 Å². The Bertz CT molecular complexity index is 898. The average molecular weight is 399 g/mol. The molecule has 0 heterocycles. The lowest BCUT2D eigenvalue weighted by Crippen LogP contribution is -2.14. The summed E-state index contributed by atoms with van der Waals surface area (Å²) in [6, 6.07) is 14.1. The highest BCUT2D eigenvalue weighted by Gasteiger charge is 2.13. The fourth-order valence-corrected chi connectivity index (χ4v) is 2.47. The van der Waals surface area contributed by atoms with Gasteiger partial charge in [-0.2, -0.15) is 5.26 Å². The van der Waals surface area contributed by atoms with E-state index in [1.807, 2.05) is 25.1 Å². The minimum atomic E-state index is -0.537. The van der Waals surface area contributed by atoms with Gasteiger partial charge in [-0.3, -0.25) is 9.59 Å². The first-order valence-corrected chi connectivity index (χ1v) is 8.16. The molecular weight excluding hydrogens is 384 g/mol. The van der Waals surface area contributed by atoms with Crippen LogP contribution in [0, 0.1) is 18.3 Å². The molecule has 1 N–H and O–H groups in total. The Kier molecular flexibility index (Phi) is 6.09. The molecule has 2 aromatic rings. The number of nitrogens with one attached hydrogen (secondary N) is 1. The normalized spacial score (nSPS) is 10.7. The standard InChI is InChI=1S/C19H15BrN2O3/c1-12-5-3-4-6-17(12)22-19(24)15(11-21)9-14-10-16(20)7-8-18(14)25-13(2)23/h3-10H,1-2H3,(H,22,24)/b15-9+. The van der Waals surface area contributed by atoms with Crippen molar-refractivity contribution in [3.05, 3.63) is 63.6 Å². The van der Waals surface area contributed by atoms with Crippen LogP contribution in [0.25, 0.3) is 6.08 Å². The van der Waals surface area contributed by atoms with Crippen LogP contribution in [0.15, 0.2) is 52.5 Å². The van der Waals surface area contributed by atoms with E-state index < -0.39 is 11.9 Å². The number of hydrogen-bond donors (Lipinski definition) is 1. The predicted octanol–water partition coefficient (Wildman–Crippen LogP) is 4.23. The van der Waals surface area contributed by atoms with Gasteiger partial charge in [0.05, 0.1) is 0 Å². The molecule has 0 unspecified atom stereocenters. The number of ether oxygens (including phenoxy) is 1. The topological polar surface area (TPSA) is 79.2 Å². The van der Waals surface area contributed by atoms with Crippen molar-refractivity contribution in [1.29, 1.82) is 5.26 Å². The Balaban J connectivity index is 2.35. The second-order valence-corrected chi connectivity index (χ2v) is 6.13. The molecule has 25 heavy (non-hydrogen) atoms. The van der Waals surface area contributed by atoms with E-state index in [1.165, 1.54) is 13.0 Å². The van der Waals surface area contributed by atoms with Crippen molar-refractivity contribution in [2.24, 2.45) is 0 Å². The van der Waals surface area contributed by atoms with E-state index in [-0.39, 0.29) is 11.3 Å². The number of amides is 1. The summed E-state index contributed by atoms with van der Waals surface area (Å²) in [4.78, 5) is 23.6. The fraction of sp³-hybridized carbons (Fsp3) is 0.105. The second kappa shape index (κ2) is 8.27. The van der Waals surface area contributed by atoms with E-state index in [1.54, 1.807) is 30.3 Å². The SMILES string of the molecule is CC(=O)Oc1ccc(Br)cc1/C=C(\C#N)C(=O)Nc1ccccc1C. The molecule has 0 saturated heterocycles. The van der Waals surface area contributed by atoms with Crippen molar-refractivity contribution in [3.8, 4) is 11.8 Å². The number of para-hydroxylation sites is 1. The van der Waals surface area contributed by atoms with Crippen LogP contribution in [0.2, 0.25) is 0 Å². The number of rotatable bonds is 4. The number of carbonyl (C=O) groups excluding carboxylic acids is 2. The summed E-state index contributed by atoms with van der Waals surface area (Å²) >= 11 is 3.32. The molecule has 1 amide bonds. The molecule has 0 fully saturated rings. The smallest absolute Gasteiger partial charge is 0.308 e. The Morgan fingerprint density at radius 3 is 2.60 bits per heavy atom. The van der Waals surface area contributed by atoms with Gasteiger partial charge in [-0.05, 0) is 42.8 Å². The number of anilines is 1. The number of esters is 1. The van der Waals surface area contributed by atoms with Crippen molar-refractivity contribution in [2.45, 2.75) is 13.8 Å². The van der Waals surface area contributed by atoms with E-state index in [2.05, 4.69) is 21.2 Å². The van der Waals surface area contributed by atoms with Gasteiger partial charge in [-0.1, -0.05) is 34.1 Å². The number of aryl methyl sites for hydroxylation is 1. The van der Waals surface area contributed by atoms with Crippen LogP contribution in [-0.2, 0) is 9.59 Å². The number of nitriles is 1. The van der Waals surface area contributed by atoms with Gasteiger partial charge in [0, 0.05) is 22.6 Å². The zero-order valence-electron chi connectivity index (χ0n) is 13.7. The lowest BCUT2D eigenvalue weighted by molar-refractivity contribution is -0.131. The monoisotopic (exact) mass is 398 g/mol. The fourth-order valence-electron chi connectivity index (χ4n) is 2.09. The van der Waals surface area contributed by atoms with Crippen LogP contribution < -0.4 is 10.1 Å². The Hall–Kier alpha value is -2.91. The summed E-state index contributed by atoms with van der Waals surface area (Å²) < 4.78 is 5.85. The molecule has 5 nitrogen and oxygen atoms in total. The quantitative estimate of drug-likeness (QED) is 0.361. The summed E-state index contributed by atoms with van der Waals surface area (Å²) in [7, 11) is 0. The number of carbonyl (C=O) groups is 2. The number of halogens is 1. The van der Waals surface area contributed by atoms with Crippen LogP contribution in [0.4, 0.5) is 5.69 Å². The highest BCUT2D eigenvalue weighted by molar-refractivity contribution is 9.10. The summed E-state index contributed by atoms with van der Waals surface area (Å²) in [6.45, 7) is 3.14. The first kappa shape index (κ1) is 18.4. The minimum Gasteiger partial charge on any atom is -0.426 e. The lowest BCUT2D eigenvalue weighted by Gasteiger charge is -2.09. The molecule has 0 saturated carbocycles. The molecule has 2 aromatic carbocycles. The predicted molar refractivity (Wildman–Crippen MR) is 98.8 cm³/mol. The zero-order chi connectivity index (χ0) is 18.4. The van der Waals surface area contributed by atoms with Gasteiger partial charge >= 0.3 is 5.97 Å². The highest BCUT2D eigenvalue weighted by atomic mass is 79.9. The van der Waals surface area contributed by atoms with Gasteiger partial charge in [0.25, 0.3) is 5.91 Å². The molecule has 0 aliphatic heterocycles. The van der Waals surface area contributed by atoms with Gasteiger partial charge < -0.3 is 10.1 Å². The van der Waals surface area contributed by atoms with Gasteiger partial charge in [0.2, 0.25) is 0 Å². The van der Waals surface area contributed by atoms with E-state index in [4.69, 9.17) is 4.74 Å². The van der Waals surface area contributed by atoms with Gasteiger partial charge in [0.1, 0.15) is 17.4 Å². The Labute approximate surface area is 154 Å². The molecule has 0 atom stereocenters. The van der Waals surface area contributed by atoms with Crippen LogP contribution in [0.1, 0.15) is 18.1 Å². The van der Waals surface area contributed by atoms with Crippen LogP contribution in [0.5, 0.6) is 5.75 Å². The van der Waals surface area contributed by atoms with E-state index in [0.29, 0.717) is 11.3 Å². The van der Waals surface area contributed by atoms with Gasteiger partial charge in [0.15, 0.2) is 0 Å². The van der Waals surface area contributed by atoms with Crippen molar-refractivity contribution < 1.29 is 14.3 Å². The average Bonchev–Trinajstić information content (AvgIpc) is 2.56. The maximum Gasteiger partial charge on any atom is 0.308 e. The summed E-state index contributed by atoms with van der Waals surface area (Å²) in [6.07, 6.45) is 1.39.